The molecule has 246 valence electrons. The molecule has 6 atom stereocenters. The molecule has 2 saturated carbocycles. The maximum absolute atomic E-state index is 15.5. The van der Waals surface area contributed by atoms with Crippen molar-refractivity contribution in [2.24, 2.45) is 11.8 Å². The fourth-order valence-electron chi connectivity index (χ4n) is 8.26. The van der Waals surface area contributed by atoms with Gasteiger partial charge in [-0.15, -0.1) is 0 Å². The third kappa shape index (κ3) is 5.59. The van der Waals surface area contributed by atoms with Gasteiger partial charge in [-0.05, 0) is 84.8 Å². The van der Waals surface area contributed by atoms with Crippen LogP contribution in [0, 0.1) is 31.5 Å². The number of ketones is 1. The summed E-state index contributed by atoms with van der Waals surface area (Å²) in [6.07, 6.45) is -0.0630. The molecule has 7 rings (SSSR count). The first-order valence-electron chi connectivity index (χ1n) is 16.3. The molecule has 2 aliphatic rings. The molecule has 0 aromatic heterocycles. The first-order chi connectivity index (χ1) is 23.0. The average molecular weight is 681 g/mol. The number of hydrogen-bond acceptors (Lipinski definition) is 5. The number of carbonyl (C=O) groups is 1. The highest BCUT2D eigenvalue weighted by atomic mass is 32.2. The van der Waals surface area contributed by atoms with Gasteiger partial charge in [0.2, 0.25) is 0 Å². The van der Waals surface area contributed by atoms with Crippen molar-refractivity contribution in [3.05, 3.63) is 143 Å². The lowest BCUT2D eigenvalue weighted by Gasteiger charge is -2.48. The van der Waals surface area contributed by atoms with Crippen molar-refractivity contribution in [2.45, 2.75) is 65.2 Å². The summed E-state index contributed by atoms with van der Waals surface area (Å²) in [5, 5.41) is -0.279. The van der Waals surface area contributed by atoms with Crippen molar-refractivity contribution < 1.29 is 26.0 Å². The molecule has 5 aromatic rings. The second-order valence-electron chi connectivity index (χ2n) is 13.4. The lowest BCUT2D eigenvalue weighted by Crippen LogP contribution is -2.53. The Hall–Kier alpha value is -4.14. The van der Waals surface area contributed by atoms with Crippen molar-refractivity contribution in [1.29, 1.82) is 0 Å². The van der Waals surface area contributed by atoms with Crippen molar-refractivity contribution in [2.75, 3.05) is 0 Å². The quantitative estimate of drug-likeness (QED) is 0.181. The van der Waals surface area contributed by atoms with Gasteiger partial charge in [0, 0.05) is 24.2 Å². The molecule has 0 N–H and O–H groups in total. The second-order valence-corrected chi connectivity index (χ2v) is 17.7. The molecule has 8 heteroatoms. The predicted octanol–water partition coefficient (Wildman–Crippen LogP) is 8.15. The van der Waals surface area contributed by atoms with E-state index in [1.165, 1.54) is 6.07 Å². The van der Waals surface area contributed by atoms with Gasteiger partial charge >= 0.3 is 0 Å². The van der Waals surface area contributed by atoms with E-state index in [1.807, 2.05) is 56.3 Å². The number of aryl methyl sites for hydroxylation is 2. The SMILES string of the molecule is Cc1ccc(S(=O)(=O)C2C[C@H]3C(=O)C[C@@H](c4ccccc4F)C(S(=O)(=O)c4ccc(C)cc4)[C@H]3C[C@H]2c2cccc3ccccc23)cc1. The van der Waals surface area contributed by atoms with E-state index in [4.69, 9.17) is 0 Å². The van der Waals surface area contributed by atoms with Crippen LogP contribution in [0.3, 0.4) is 0 Å². The maximum Gasteiger partial charge on any atom is 0.182 e. The number of rotatable bonds is 6. The van der Waals surface area contributed by atoms with Gasteiger partial charge in [-0.1, -0.05) is 96.1 Å². The van der Waals surface area contributed by atoms with E-state index in [0.717, 1.165) is 27.5 Å². The van der Waals surface area contributed by atoms with Gasteiger partial charge in [0.15, 0.2) is 19.7 Å². The van der Waals surface area contributed by atoms with E-state index >= 15 is 4.39 Å². The molecular weight excluding hydrogens is 644 g/mol. The zero-order valence-electron chi connectivity index (χ0n) is 26.8. The smallest absolute Gasteiger partial charge is 0.182 e. The van der Waals surface area contributed by atoms with Crippen molar-refractivity contribution >= 4 is 36.2 Å². The summed E-state index contributed by atoms with van der Waals surface area (Å²) in [5.41, 5.74) is 2.82. The highest BCUT2D eigenvalue weighted by molar-refractivity contribution is 7.92. The molecule has 5 aromatic carbocycles. The summed E-state index contributed by atoms with van der Waals surface area (Å²) in [4.78, 5) is 14.5. The summed E-state index contributed by atoms with van der Waals surface area (Å²) in [6.45, 7) is 3.76. The molecule has 48 heavy (non-hydrogen) atoms. The van der Waals surface area contributed by atoms with Crippen LogP contribution in [0.15, 0.2) is 125 Å². The average Bonchev–Trinajstić information content (AvgIpc) is 3.08. The fraction of sp³-hybridized carbons (Fsp3) is 0.275. The van der Waals surface area contributed by atoms with Crippen LogP contribution in [0.4, 0.5) is 4.39 Å². The fourth-order valence-corrected chi connectivity index (χ4v) is 12.5. The van der Waals surface area contributed by atoms with Crippen LogP contribution in [0.2, 0.25) is 0 Å². The predicted molar refractivity (Wildman–Crippen MR) is 186 cm³/mol. The number of hydrogen-bond donors (Lipinski definition) is 0. The monoisotopic (exact) mass is 680 g/mol. The molecule has 5 nitrogen and oxygen atoms in total. The van der Waals surface area contributed by atoms with Crippen LogP contribution in [0.25, 0.3) is 10.8 Å². The molecule has 0 radical (unpaired) electrons. The molecule has 0 amide bonds. The third-order valence-electron chi connectivity index (χ3n) is 10.6. The van der Waals surface area contributed by atoms with Crippen LogP contribution in [-0.2, 0) is 24.5 Å². The Morgan fingerprint density at radius 2 is 1.15 bits per heavy atom. The Balaban J connectivity index is 1.43. The zero-order chi connectivity index (χ0) is 33.8. The molecule has 0 heterocycles. The van der Waals surface area contributed by atoms with Gasteiger partial charge in [-0.25, -0.2) is 21.2 Å². The Bertz CT molecular complexity index is 2220. The second kappa shape index (κ2) is 12.4. The minimum Gasteiger partial charge on any atom is -0.299 e. The van der Waals surface area contributed by atoms with Gasteiger partial charge in [-0.3, -0.25) is 4.79 Å². The molecule has 2 fully saturated rings. The number of halogens is 1. The van der Waals surface area contributed by atoms with Gasteiger partial charge in [0.1, 0.15) is 11.6 Å². The van der Waals surface area contributed by atoms with Crippen LogP contribution in [-0.4, -0.2) is 33.1 Å². The molecule has 0 bridgehead atoms. The number of fused-ring (bicyclic) bond motifs is 2. The number of Topliss-reactive ketones (excluding diaryl/α,β-unsaturated/α-hetero) is 1. The number of sulfone groups is 2. The summed E-state index contributed by atoms with van der Waals surface area (Å²) in [6, 6.07) is 33.0. The zero-order valence-corrected chi connectivity index (χ0v) is 28.4. The maximum atomic E-state index is 15.5. The molecule has 0 spiro atoms. The number of benzene rings is 5. The Kier molecular flexibility index (Phi) is 8.36. The Morgan fingerprint density at radius 1 is 0.583 bits per heavy atom. The van der Waals surface area contributed by atoms with Gasteiger partial charge in [0.25, 0.3) is 0 Å². The topological polar surface area (TPSA) is 85.3 Å². The minimum atomic E-state index is -4.11. The highest BCUT2D eigenvalue weighted by Crippen LogP contribution is 2.54. The standard InChI is InChI=1S/C40H37FO5S2/c1-25-14-18-28(19-15-25)47(43,44)39-24-33-35(22-34(39)31-12-7-9-27-8-3-4-10-30(27)31)40(48(45,46)29-20-16-26(2)17-21-29)36(23-38(33)42)32-11-5-6-13-37(32)41/h3-21,33-36,39-40H,22-24H2,1-2H3/t33-,34+,35+,36+,39?,40?/m1/s1. The van der Waals surface area contributed by atoms with Crippen molar-refractivity contribution in [1.82, 2.24) is 0 Å². The first-order valence-corrected chi connectivity index (χ1v) is 19.4. The Labute approximate surface area is 281 Å². The summed E-state index contributed by atoms with van der Waals surface area (Å²) in [7, 11) is -8.08. The number of carbonyl (C=O) groups excluding carboxylic acids is 1. The molecule has 0 aliphatic heterocycles. The molecule has 0 saturated heterocycles. The summed E-state index contributed by atoms with van der Waals surface area (Å²) >= 11 is 0. The Morgan fingerprint density at radius 3 is 1.81 bits per heavy atom. The summed E-state index contributed by atoms with van der Waals surface area (Å²) < 4.78 is 74.3. The van der Waals surface area contributed by atoms with E-state index < -0.39 is 59.7 Å². The van der Waals surface area contributed by atoms with Gasteiger partial charge < -0.3 is 0 Å². The molecular formula is C40H37FO5S2. The van der Waals surface area contributed by atoms with Gasteiger partial charge in [0.05, 0.1) is 20.3 Å². The lowest BCUT2D eigenvalue weighted by molar-refractivity contribution is -0.128. The van der Waals surface area contributed by atoms with Crippen LogP contribution in [0.5, 0.6) is 0 Å². The van der Waals surface area contributed by atoms with E-state index in [2.05, 4.69) is 0 Å². The van der Waals surface area contributed by atoms with Crippen molar-refractivity contribution in [3.63, 3.8) is 0 Å². The largest absolute Gasteiger partial charge is 0.299 e. The first kappa shape index (κ1) is 32.4. The summed E-state index contributed by atoms with van der Waals surface area (Å²) in [5.74, 6) is -3.88. The normalized spacial score (nSPS) is 24.7. The molecule has 2 aliphatic carbocycles. The lowest BCUT2D eigenvalue weighted by atomic mass is 9.61. The van der Waals surface area contributed by atoms with Crippen molar-refractivity contribution in [3.8, 4) is 0 Å². The highest BCUT2D eigenvalue weighted by Gasteiger charge is 2.57. The van der Waals surface area contributed by atoms with Gasteiger partial charge in [-0.2, -0.15) is 0 Å². The third-order valence-corrected chi connectivity index (χ3v) is 15.2. The van der Waals surface area contributed by atoms with E-state index in [1.54, 1.807) is 66.7 Å². The van der Waals surface area contributed by atoms with E-state index in [-0.39, 0.29) is 40.4 Å². The van der Waals surface area contributed by atoms with Crippen LogP contribution in [0.1, 0.15) is 53.4 Å². The molecule has 2 unspecified atom stereocenters. The van der Waals surface area contributed by atoms with Crippen LogP contribution >= 0.6 is 0 Å². The van der Waals surface area contributed by atoms with E-state index in [9.17, 15) is 21.6 Å². The van der Waals surface area contributed by atoms with Crippen LogP contribution < -0.4 is 0 Å². The minimum absolute atomic E-state index is 0.0164. The van der Waals surface area contributed by atoms with E-state index in [0.29, 0.717) is 0 Å².